The number of rotatable bonds is 5. The monoisotopic (exact) mass is 477 g/mol. The van der Waals surface area contributed by atoms with Gasteiger partial charge in [-0.1, -0.05) is 41.9 Å². The Morgan fingerprint density at radius 3 is 2.20 bits per heavy atom. The van der Waals surface area contributed by atoms with E-state index in [1.165, 1.54) is 0 Å². The summed E-state index contributed by atoms with van der Waals surface area (Å²) < 4.78 is 7.66. The molecular weight excluding hydrogens is 465 g/mol. The van der Waals surface area contributed by atoms with Gasteiger partial charge in [0, 0.05) is 11.2 Å². The van der Waals surface area contributed by atoms with Crippen molar-refractivity contribution < 1.29 is 4.74 Å². The molecule has 126 valence electrons. The lowest BCUT2D eigenvalue weighted by Gasteiger charge is -2.11. The van der Waals surface area contributed by atoms with Crippen molar-refractivity contribution in [3.05, 3.63) is 91.8 Å². The first-order valence-corrected chi connectivity index (χ1v) is 9.53. The fourth-order valence-corrected chi connectivity index (χ4v) is 3.77. The van der Waals surface area contributed by atoms with Gasteiger partial charge in [0.1, 0.15) is 12.4 Å². The second kappa shape index (κ2) is 8.65. The third-order valence-corrected chi connectivity index (χ3v) is 4.87. The van der Waals surface area contributed by atoms with Crippen LogP contribution in [0.2, 0.25) is 5.02 Å². The second-order valence-corrected chi connectivity index (χ2v) is 7.47. The molecule has 3 rings (SSSR count). The number of halogens is 3. The Bertz CT molecular complexity index is 857. The summed E-state index contributed by atoms with van der Waals surface area (Å²) in [5.41, 5.74) is 2.94. The first-order valence-electron chi connectivity index (χ1n) is 7.57. The van der Waals surface area contributed by atoms with E-state index in [4.69, 9.17) is 16.3 Å². The lowest BCUT2D eigenvalue weighted by Crippen LogP contribution is -1.97. The first-order chi connectivity index (χ1) is 12.1. The molecule has 0 bridgehead atoms. The highest BCUT2D eigenvalue weighted by Gasteiger charge is 2.09. The maximum Gasteiger partial charge on any atom is 0.148 e. The molecule has 0 aromatic heterocycles. The van der Waals surface area contributed by atoms with E-state index in [0.717, 1.165) is 31.5 Å². The molecule has 0 aliphatic carbocycles. The van der Waals surface area contributed by atoms with Gasteiger partial charge in [-0.3, -0.25) is 4.99 Å². The van der Waals surface area contributed by atoms with Crippen molar-refractivity contribution >= 4 is 55.4 Å². The SMILES string of the molecule is Clc1ccc(COc2c(Br)cc(C=Nc3ccccc3)cc2Br)cc1. The summed E-state index contributed by atoms with van der Waals surface area (Å²) in [4.78, 5) is 4.47. The largest absolute Gasteiger partial charge is 0.487 e. The Balaban J connectivity index is 1.73. The van der Waals surface area contributed by atoms with Crippen LogP contribution in [0.15, 0.2) is 80.7 Å². The Kier molecular flexibility index (Phi) is 6.29. The quantitative estimate of drug-likeness (QED) is 0.355. The maximum absolute atomic E-state index is 5.93. The summed E-state index contributed by atoms with van der Waals surface area (Å²) >= 11 is 13.0. The van der Waals surface area contributed by atoms with Gasteiger partial charge in [-0.05, 0) is 79.4 Å². The van der Waals surface area contributed by atoms with Crippen LogP contribution in [-0.2, 0) is 6.61 Å². The van der Waals surface area contributed by atoms with Crippen molar-refractivity contribution in [1.29, 1.82) is 0 Å². The fourth-order valence-electron chi connectivity index (χ4n) is 2.19. The molecule has 25 heavy (non-hydrogen) atoms. The Hall–Kier alpha value is -1.62. The molecule has 0 saturated heterocycles. The average molecular weight is 480 g/mol. The van der Waals surface area contributed by atoms with E-state index in [2.05, 4.69) is 36.9 Å². The summed E-state index contributed by atoms with van der Waals surface area (Å²) in [6.07, 6.45) is 1.83. The fraction of sp³-hybridized carbons (Fsp3) is 0.0500. The van der Waals surface area contributed by atoms with Gasteiger partial charge in [0.05, 0.1) is 14.6 Å². The van der Waals surface area contributed by atoms with E-state index in [1.54, 1.807) is 0 Å². The van der Waals surface area contributed by atoms with Gasteiger partial charge in [-0.2, -0.15) is 0 Å². The molecule has 0 amide bonds. The van der Waals surface area contributed by atoms with Gasteiger partial charge >= 0.3 is 0 Å². The highest BCUT2D eigenvalue weighted by atomic mass is 79.9. The smallest absolute Gasteiger partial charge is 0.148 e. The van der Waals surface area contributed by atoms with Crippen LogP contribution >= 0.6 is 43.5 Å². The minimum Gasteiger partial charge on any atom is -0.487 e. The molecule has 0 aliphatic rings. The van der Waals surface area contributed by atoms with Crippen molar-refractivity contribution in [3.63, 3.8) is 0 Å². The molecule has 0 heterocycles. The van der Waals surface area contributed by atoms with Crippen LogP contribution in [0.3, 0.4) is 0 Å². The van der Waals surface area contributed by atoms with Gasteiger partial charge in [-0.15, -0.1) is 0 Å². The van der Waals surface area contributed by atoms with Crippen LogP contribution in [0.1, 0.15) is 11.1 Å². The number of para-hydroxylation sites is 1. The number of hydrogen-bond donors (Lipinski definition) is 0. The van der Waals surface area contributed by atoms with Crippen LogP contribution < -0.4 is 4.74 Å². The van der Waals surface area contributed by atoms with Gasteiger partial charge in [-0.25, -0.2) is 0 Å². The number of benzene rings is 3. The number of ether oxygens (including phenoxy) is 1. The third kappa shape index (κ3) is 5.18. The van der Waals surface area contributed by atoms with Crippen LogP contribution in [0.5, 0.6) is 5.75 Å². The molecule has 0 N–H and O–H groups in total. The van der Waals surface area contributed by atoms with Crippen molar-refractivity contribution in [2.24, 2.45) is 4.99 Å². The van der Waals surface area contributed by atoms with Crippen molar-refractivity contribution in [2.75, 3.05) is 0 Å². The zero-order valence-corrected chi connectivity index (χ0v) is 17.1. The van der Waals surface area contributed by atoms with Crippen molar-refractivity contribution in [2.45, 2.75) is 6.61 Å². The minimum absolute atomic E-state index is 0.464. The molecule has 3 aromatic rings. The second-order valence-electron chi connectivity index (χ2n) is 5.32. The summed E-state index contributed by atoms with van der Waals surface area (Å²) in [5.74, 6) is 0.756. The topological polar surface area (TPSA) is 21.6 Å². The predicted molar refractivity (Wildman–Crippen MR) is 111 cm³/mol. The lowest BCUT2D eigenvalue weighted by molar-refractivity contribution is 0.302. The van der Waals surface area contributed by atoms with E-state index < -0.39 is 0 Å². The highest BCUT2D eigenvalue weighted by molar-refractivity contribution is 9.11. The molecular formula is C20H14Br2ClNO. The number of aliphatic imine (C=N–C) groups is 1. The van der Waals surface area contributed by atoms with Crippen LogP contribution in [0.25, 0.3) is 0 Å². The third-order valence-electron chi connectivity index (χ3n) is 3.44. The van der Waals surface area contributed by atoms with Crippen molar-refractivity contribution in [3.8, 4) is 5.75 Å². The maximum atomic E-state index is 5.93. The Labute approximate surface area is 168 Å². The number of nitrogens with zero attached hydrogens (tertiary/aromatic N) is 1. The molecule has 0 saturated carbocycles. The molecule has 2 nitrogen and oxygen atoms in total. The van der Waals surface area contributed by atoms with Crippen LogP contribution in [-0.4, -0.2) is 6.21 Å². The molecule has 5 heteroatoms. The van der Waals surface area contributed by atoms with E-state index in [1.807, 2.05) is 72.9 Å². The highest BCUT2D eigenvalue weighted by Crippen LogP contribution is 2.35. The van der Waals surface area contributed by atoms with Crippen LogP contribution in [0, 0.1) is 0 Å². The zero-order valence-electron chi connectivity index (χ0n) is 13.1. The molecule has 0 fully saturated rings. The minimum atomic E-state index is 0.464. The van der Waals surface area contributed by atoms with Crippen molar-refractivity contribution in [1.82, 2.24) is 0 Å². The van der Waals surface area contributed by atoms with E-state index >= 15 is 0 Å². The summed E-state index contributed by atoms with van der Waals surface area (Å²) in [7, 11) is 0. The van der Waals surface area contributed by atoms with Gasteiger partial charge < -0.3 is 4.74 Å². The molecule has 0 aliphatic heterocycles. The van der Waals surface area contributed by atoms with Gasteiger partial charge in [0.25, 0.3) is 0 Å². The van der Waals surface area contributed by atoms with Crippen LogP contribution in [0.4, 0.5) is 5.69 Å². The molecule has 0 atom stereocenters. The summed E-state index contributed by atoms with van der Waals surface area (Å²) in [6.45, 7) is 0.464. The zero-order chi connectivity index (χ0) is 17.6. The van der Waals surface area contributed by atoms with Gasteiger partial charge in [0.2, 0.25) is 0 Å². The summed E-state index contributed by atoms with van der Waals surface area (Å²) in [5, 5.41) is 0.716. The summed E-state index contributed by atoms with van der Waals surface area (Å²) in [6, 6.07) is 21.4. The molecule has 0 radical (unpaired) electrons. The van der Waals surface area contributed by atoms with Gasteiger partial charge in [0.15, 0.2) is 0 Å². The molecule has 0 spiro atoms. The molecule has 3 aromatic carbocycles. The first kappa shape index (κ1) is 18.2. The normalized spacial score (nSPS) is 11.0. The van der Waals surface area contributed by atoms with E-state index in [9.17, 15) is 0 Å². The Morgan fingerprint density at radius 1 is 0.920 bits per heavy atom. The average Bonchev–Trinajstić information content (AvgIpc) is 2.62. The molecule has 0 unspecified atom stereocenters. The number of hydrogen-bond acceptors (Lipinski definition) is 2. The van der Waals surface area contributed by atoms with E-state index in [0.29, 0.717) is 11.6 Å². The van der Waals surface area contributed by atoms with E-state index in [-0.39, 0.29) is 0 Å². The Morgan fingerprint density at radius 2 is 1.56 bits per heavy atom. The lowest BCUT2D eigenvalue weighted by atomic mass is 10.2. The standard InChI is InChI=1S/C20H14Br2ClNO/c21-18-10-15(12-24-17-4-2-1-3-5-17)11-19(22)20(18)25-13-14-6-8-16(23)9-7-14/h1-12H,13H2. The predicted octanol–water partition coefficient (Wildman–Crippen LogP) is 7.19.